The van der Waals surface area contributed by atoms with E-state index in [9.17, 15) is 4.79 Å². The Bertz CT molecular complexity index is 763. The van der Waals surface area contributed by atoms with Crippen LogP contribution in [0.4, 0.5) is 5.69 Å². The molecule has 0 saturated carbocycles. The molecular weight excluding hydrogens is 310 g/mol. The highest BCUT2D eigenvalue weighted by Gasteiger charge is 2.11. The topological polar surface area (TPSA) is 29.1 Å². The van der Waals surface area contributed by atoms with Gasteiger partial charge in [0.2, 0.25) is 5.91 Å². The third kappa shape index (κ3) is 1.82. The van der Waals surface area contributed by atoms with Crippen LogP contribution in [-0.4, -0.2) is 5.91 Å². The van der Waals surface area contributed by atoms with Crippen LogP contribution in [-0.2, 0) is 4.79 Å². The van der Waals surface area contributed by atoms with Gasteiger partial charge in [-0.2, -0.15) is 0 Å². The number of benzene rings is 2. The molecule has 0 saturated heterocycles. The van der Waals surface area contributed by atoms with Crippen molar-refractivity contribution in [3.63, 3.8) is 0 Å². The highest BCUT2D eigenvalue weighted by atomic mass is 79.9. The largest absolute Gasteiger partial charge is 0.325 e. The fourth-order valence-electron chi connectivity index (χ4n) is 2.06. The van der Waals surface area contributed by atoms with Crippen molar-refractivity contribution in [1.82, 2.24) is 0 Å². The van der Waals surface area contributed by atoms with Gasteiger partial charge in [0.05, 0.1) is 10.2 Å². The minimum absolute atomic E-state index is 0.0606. The lowest BCUT2D eigenvalue weighted by molar-refractivity contribution is -0.114. The highest BCUT2D eigenvalue weighted by Crippen LogP contribution is 2.41. The van der Waals surface area contributed by atoms with Gasteiger partial charge in [0.15, 0.2) is 0 Å². The van der Waals surface area contributed by atoms with Crippen molar-refractivity contribution in [3.8, 4) is 0 Å². The van der Waals surface area contributed by atoms with Crippen LogP contribution in [0, 0.1) is 0 Å². The van der Waals surface area contributed by atoms with Crippen molar-refractivity contribution in [2.24, 2.45) is 0 Å². The van der Waals surface area contributed by atoms with E-state index in [1.54, 1.807) is 11.3 Å². The molecule has 0 aliphatic heterocycles. The molecule has 18 heavy (non-hydrogen) atoms. The molecule has 0 atom stereocenters. The molecule has 3 aromatic rings. The predicted molar refractivity (Wildman–Crippen MR) is 81.3 cm³/mol. The SMILES string of the molecule is CC(=O)Nc1ccc2sc3ccccc3c2c1Br. The first-order valence-electron chi connectivity index (χ1n) is 5.54. The molecule has 1 heterocycles. The summed E-state index contributed by atoms with van der Waals surface area (Å²) in [6.07, 6.45) is 0. The van der Waals surface area contributed by atoms with Crippen LogP contribution in [0.2, 0.25) is 0 Å². The van der Waals surface area contributed by atoms with E-state index in [0.717, 1.165) is 10.2 Å². The van der Waals surface area contributed by atoms with E-state index in [1.807, 2.05) is 18.2 Å². The lowest BCUT2D eigenvalue weighted by Crippen LogP contribution is -2.06. The van der Waals surface area contributed by atoms with Gasteiger partial charge in [0.1, 0.15) is 0 Å². The summed E-state index contributed by atoms with van der Waals surface area (Å²) in [7, 11) is 0. The third-order valence-corrected chi connectivity index (χ3v) is 4.75. The average Bonchev–Trinajstić information content (AvgIpc) is 2.71. The van der Waals surface area contributed by atoms with Crippen molar-refractivity contribution < 1.29 is 4.79 Å². The predicted octanol–water partition coefficient (Wildman–Crippen LogP) is 4.78. The fourth-order valence-corrected chi connectivity index (χ4v) is 3.96. The van der Waals surface area contributed by atoms with Crippen LogP contribution in [0.15, 0.2) is 40.9 Å². The Balaban J connectivity index is 2.35. The zero-order valence-electron chi connectivity index (χ0n) is 9.66. The Labute approximate surface area is 117 Å². The Kier molecular flexibility index (Phi) is 2.84. The first kappa shape index (κ1) is 11.7. The number of carbonyl (C=O) groups excluding carboxylic acids is 1. The molecule has 2 aromatic carbocycles. The highest BCUT2D eigenvalue weighted by molar-refractivity contribution is 9.10. The lowest BCUT2D eigenvalue weighted by Gasteiger charge is -2.06. The maximum absolute atomic E-state index is 11.2. The third-order valence-electron chi connectivity index (χ3n) is 2.79. The molecule has 1 amide bonds. The van der Waals surface area contributed by atoms with Gasteiger partial charge in [-0.1, -0.05) is 18.2 Å². The Morgan fingerprint density at radius 1 is 1.17 bits per heavy atom. The van der Waals surface area contributed by atoms with Gasteiger partial charge >= 0.3 is 0 Å². The van der Waals surface area contributed by atoms with Crippen molar-refractivity contribution >= 4 is 59.0 Å². The average molecular weight is 320 g/mol. The number of rotatable bonds is 1. The molecule has 0 spiro atoms. The Morgan fingerprint density at radius 2 is 1.94 bits per heavy atom. The lowest BCUT2D eigenvalue weighted by atomic mass is 10.1. The summed E-state index contributed by atoms with van der Waals surface area (Å²) in [5.74, 6) is -0.0606. The van der Waals surface area contributed by atoms with E-state index in [4.69, 9.17) is 0 Å². The number of hydrogen-bond acceptors (Lipinski definition) is 2. The van der Waals surface area contributed by atoms with Crippen molar-refractivity contribution in [2.75, 3.05) is 5.32 Å². The summed E-state index contributed by atoms with van der Waals surface area (Å²) in [4.78, 5) is 11.2. The van der Waals surface area contributed by atoms with E-state index >= 15 is 0 Å². The Morgan fingerprint density at radius 3 is 2.72 bits per heavy atom. The molecule has 4 heteroatoms. The zero-order valence-corrected chi connectivity index (χ0v) is 12.1. The molecule has 1 N–H and O–H groups in total. The second-order valence-electron chi connectivity index (χ2n) is 4.08. The van der Waals surface area contributed by atoms with Gasteiger partial charge < -0.3 is 5.32 Å². The van der Waals surface area contributed by atoms with Gasteiger partial charge in [-0.3, -0.25) is 4.79 Å². The van der Waals surface area contributed by atoms with Crippen LogP contribution >= 0.6 is 27.3 Å². The standard InChI is InChI=1S/C14H10BrNOS/c1-8(17)16-10-6-7-12-13(14(10)15)9-4-2-3-5-11(9)18-12/h2-7H,1H3,(H,16,17). The van der Waals surface area contributed by atoms with E-state index in [1.165, 1.54) is 27.1 Å². The maximum atomic E-state index is 11.2. The smallest absolute Gasteiger partial charge is 0.221 e. The molecule has 0 aliphatic carbocycles. The number of hydrogen-bond donors (Lipinski definition) is 1. The molecule has 0 bridgehead atoms. The van der Waals surface area contributed by atoms with Crippen LogP contribution < -0.4 is 5.32 Å². The van der Waals surface area contributed by atoms with E-state index < -0.39 is 0 Å². The minimum Gasteiger partial charge on any atom is -0.325 e. The summed E-state index contributed by atoms with van der Waals surface area (Å²) < 4.78 is 3.43. The number of amides is 1. The molecule has 0 fully saturated rings. The summed E-state index contributed by atoms with van der Waals surface area (Å²) in [6, 6.07) is 12.3. The van der Waals surface area contributed by atoms with Crippen LogP contribution in [0.5, 0.6) is 0 Å². The minimum atomic E-state index is -0.0606. The molecule has 0 aliphatic rings. The normalized spacial score (nSPS) is 11.0. The second-order valence-corrected chi connectivity index (χ2v) is 5.96. The van der Waals surface area contributed by atoms with Crippen LogP contribution in [0.1, 0.15) is 6.92 Å². The molecular formula is C14H10BrNOS. The first-order valence-corrected chi connectivity index (χ1v) is 7.15. The molecule has 1 aromatic heterocycles. The summed E-state index contributed by atoms with van der Waals surface area (Å²) in [6.45, 7) is 1.52. The van der Waals surface area contributed by atoms with Crippen molar-refractivity contribution in [2.45, 2.75) is 6.92 Å². The summed E-state index contributed by atoms with van der Waals surface area (Å²) >= 11 is 5.36. The van der Waals surface area contributed by atoms with Gasteiger partial charge in [0, 0.05) is 27.1 Å². The van der Waals surface area contributed by atoms with Gasteiger partial charge in [0.25, 0.3) is 0 Å². The quantitative estimate of drug-likeness (QED) is 0.687. The van der Waals surface area contributed by atoms with Crippen LogP contribution in [0.3, 0.4) is 0 Å². The first-order chi connectivity index (χ1) is 8.66. The van der Waals surface area contributed by atoms with Gasteiger partial charge in [-0.05, 0) is 34.1 Å². The molecule has 0 unspecified atom stereocenters. The Hall–Kier alpha value is -1.39. The second kappa shape index (κ2) is 4.37. The van der Waals surface area contributed by atoms with Gasteiger partial charge in [-0.25, -0.2) is 0 Å². The summed E-state index contributed by atoms with van der Waals surface area (Å²) in [5.41, 5.74) is 0.818. The fraction of sp³-hybridized carbons (Fsp3) is 0.0714. The van der Waals surface area contributed by atoms with Crippen molar-refractivity contribution in [1.29, 1.82) is 0 Å². The van der Waals surface area contributed by atoms with E-state index in [0.29, 0.717) is 0 Å². The number of anilines is 1. The molecule has 3 rings (SSSR count). The summed E-state index contributed by atoms with van der Waals surface area (Å²) in [5, 5.41) is 5.23. The van der Waals surface area contributed by atoms with E-state index in [-0.39, 0.29) is 5.91 Å². The number of nitrogens with one attached hydrogen (secondary N) is 1. The molecule has 2 nitrogen and oxygen atoms in total. The van der Waals surface area contributed by atoms with Crippen molar-refractivity contribution in [3.05, 3.63) is 40.9 Å². The molecule has 0 radical (unpaired) electrons. The zero-order chi connectivity index (χ0) is 12.7. The number of fused-ring (bicyclic) bond motifs is 3. The van der Waals surface area contributed by atoms with Crippen LogP contribution in [0.25, 0.3) is 20.2 Å². The van der Waals surface area contributed by atoms with E-state index in [2.05, 4.69) is 39.4 Å². The van der Waals surface area contributed by atoms with Gasteiger partial charge in [-0.15, -0.1) is 11.3 Å². The monoisotopic (exact) mass is 319 g/mol. The number of thiophene rings is 1. The number of halogens is 1. The number of carbonyl (C=O) groups is 1. The maximum Gasteiger partial charge on any atom is 0.221 e. The molecule has 90 valence electrons.